The Bertz CT molecular complexity index is 1020. The van der Waals surface area contributed by atoms with Crippen molar-refractivity contribution in [2.75, 3.05) is 13.7 Å². The molecule has 0 saturated carbocycles. The van der Waals surface area contributed by atoms with Crippen LogP contribution in [-0.4, -0.2) is 24.5 Å². The van der Waals surface area contributed by atoms with E-state index in [1.807, 2.05) is 79.7 Å². The van der Waals surface area contributed by atoms with E-state index in [0.29, 0.717) is 17.9 Å². The van der Waals surface area contributed by atoms with Gasteiger partial charge in [0.05, 0.1) is 6.61 Å². The molecule has 29 heavy (non-hydrogen) atoms. The molecule has 1 heterocycles. The molecule has 0 bridgehead atoms. The van der Waals surface area contributed by atoms with Gasteiger partial charge in [0.15, 0.2) is 7.14 Å². The van der Waals surface area contributed by atoms with Gasteiger partial charge in [0, 0.05) is 23.2 Å². The predicted molar refractivity (Wildman–Crippen MR) is 117 cm³/mol. The third-order valence-corrected chi connectivity index (χ3v) is 8.76. The van der Waals surface area contributed by atoms with E-state index in [1.165, 1.54) is 0 Å². The topological polar surface area (TPSA) is 46.6 Å². The van der Waals surface area contributed by atoms with Crippen molar-refractivity contribution in [1.29, 1.82) is 0 Å². The van der Waals surface area contributed by atoms with Crippen molar-refractivity contribution < 1.29 is 14.1 Å². The molecule has 0 saturated heterocycles. The molecule has 0 radical (unpaired) electrons. The summed E-state index contributed by atoms with van der Waals surface area (Å²) in [7, 11) is -1.44. The van der Waals surface area contributed by atoms with Crippen LogP contribution in [-0.2, 0) is 4.57 Å². The van der Waals surface area contributed by atoms with Crippen LogP contribution >= 0.6 is 7.14 Å². The number of carbonyl (C=O) groups is 1. The average molecular weight is 405 g/mol. The lowest BCUT2D eigenvalue weighted by molar-refractivity contribution is 0.0808. The van der Waals surface area contributed by atoms with E-state index in [0.717, 1.165) is 22.6 Å². The Morgan fingerprint density at radius 1 is 0.931 bits per heavy atom. The number of amides is 1. The summed E-state index contributed by atoms with van der Waals surface area (Å²) >= 11 is 0. The van der Waals surface area contributed by atoms with Crippen LogP contribution in [0.1, 0.15) is 35.0 Å². The van der Waals surface area contributed by atoms with Gasteiger partial charge in [-0.1, -0.05) is 73.7 Å². The second-order valence-electron chi connectivity index (χ2n) is 7.22. The fourth-order valence-corrected chi connectivity index (χ4v) is 7.24. The molecule has 148 valence electrons. The number of rotatable bonds is 6. The number of hydrogen-bond donors (Lipinski definition) is 0. The molecule has 1 atom stereocenters. The first-order valence-electron chi connectivity index (χ1n) is 9.82. The minimum atomic E-state index is -3.17. The number of benzene rings is 3. The molecular weight excluding hydrogens is 381 g/mol. The van der Waals surface area contributed by atoms with Gasteiger partial charge in [0.25, 0.3) is 5.91 Å². The van der Waals surface area contributed by atoms with E-state index in [-0.39, 0.29) is 5.91 Å². The fourth-order valence-electron chi connectivity index (χ4n) is 3.94. The molecule has 0 spiro atoms. The summed E-state index contributed by atoms with van der Waals surface area (Å²) in [5, 5.41) is 1.49. The van der Waals surface area contributed by atoms with Crippen LogP contribution in [0.25, 0.3) is 0 Å². The van der Waals surface area contributed by atoms with E-state index >= 15 is 0 Å². The summed E-state index contributed by atoms with van der Waals surface area (Å²) in [6.07, 6.45) is 0.894. The Kier molecular flexibility index (Phi) is 5.29. The van der Waals surface area contributed by atoms with E-state index in [9.17, 15) is 9.36 Å². The SMILES string of the molecule is CCCOc1ccc2c(c1)C(=O)N(C)C2P(=O)(c1ccccc1)c1ccccc1. The molecule has 1 unspecified atom stereocenters. The third-order valence-electron chi connectivity index (χ3n) is 5.32. The minimum absolute atomic E-state index is 0.126. The largest absolute Gasteiger partial charge is 0.494 e. The van der Waals surface area contributed by atoms with Crippen molar-refractivity contribution in [3.05, 3.63) is 90.0 Å². The molecular formula is C24H24NO3P. The van der Waals surface area contributed by atoms with E-state index in [2.05, 4.69) is 0 Å². The molecule has 0 aliphatic carbocycles. The van der Waals surface area contributed by atoms with Crippen molar-refractivity contribution in [3.8, 4) is 5.75 Å². The second kappa shape index (κ2) is 7.88. The van der Waals surface area contributed by atoms with Gasteiger partial charge in [-0.25, -0.2) is 0 Å². The molecule has 4 rings (SSSR count). The molecule has 0 aromatic heterocycles. The summed E-state index contributed by atoms with van der Waals surface area (Å²) in [4.78, 5) is 14.7. The van der Waals surface area contributed by atoms with E-state index in [4.69, 9.17) is 4.74 Å². The highest BCUT2D eigenvalue weighted by Gasteiger charge is 2.47. The lowest BCUT2D eigenvalue weighted by Crippen LogP contribution is -2.30. The van der Waals surface area contributed by atoms with Crippen LogP contribution in [0.4, 0.5) is 0 Å². The fraction of sp³-hybridized carbons (Fsp3) is 0.208. The Morgan fingerprint density at radius 3 is 2.07 bits per heavy atom. The average Bonchev–Trinajstić information content (AvgIpc) is 3.03. The zero-order chi connectivity index (χ0) is 20.4. The number of nitrogens with zero attached hydrogens (tertiary/aromatic N) is 1. The maximum Gasteiger partial charge on any atom is 0.255 e. The van der Waals surface area contributed by atoms with E-state index in [1.54, 1.807) is 18.0 Å². The Balaban J connectivity index is 1.89. The van der Waals surface area contributed by atoms with Gasteiger partial charge in [-0.05, 0) is 24.1 Å². The third kappa shape index (κ3) is 3.28. The lowest BCUT2D eigenvalue weighted by Gasteiger charge is -2.31. The van der Waals surface area contributed by atoms with Gasteiger partial charge < -0.3 is 14.2 Å². The smallest absolute Gasteiger partial charge is 0.255 e. The van der Waals surface area contributed by atoms with Gasteiger partial charge in [-0.15, -0.1) is 0 Å². The Labute approximate surface area is 171 Å². The van der Waals surface area contributed by atoms with Crippen LogP contribution in [0.5, 0.6) is 5.75 Å². The number of ether oxygens (including phenoxy) is 1. The second-order valence-corrected chi connectivity index (χ2v) is 10.1. The first-order chi connectivity index (χ1) is 14.1. The van der Waals surface area contributed by atoms with Crippen LogP contribution in [0, 0.1) is 0 Å². The molecule has 0 N–H and O–H groups in total. The van der Waals surface area contributed by atoms with Crippen molar-refractivity contribution in [1.82, 2.24) is 4.90 Å². The minimum Gasteiger partial charge on any atom is -0.494 e. The highest BCUT2D eigenvalue weighted by atomic mass is 31.2. The molecule has 3 aromatic carbocycles. The van der Waals surface area contributed by atoms with Gasteiger partial charge in [-0.3, -0.25) is 4.79 Å². The molecule has 4 nitrogen and oxygen atoms in total. The summed E-state index contributed by atoms with van der Waals surface area (Å²) in [5.74, 6) is -0.00341. The summed E-state index contributed by atoms with van der Waals surface area (Å²) < 4.78 is 20.5. The monoisotopic (exact) mass is 405 g/mol. The first kappa shape index (κ1) is 19.5. The summed E-state index contributed by atoms with van der Waals surface area (Å²) in [5.41, 5.74) is 1.36. The lowest BCUT2D eigenvalue weighted by atomic mass is 10.1. The van der Waals surface area contributed by atoms with Crippen LogP contribution in [0.15, 0.2) is 78.9 Å². The van der Waals surface area contributed by atoms with Crippen LogP contribution in [0.2, 0.25) is 0 Å². The molecule has 5 heteroatoms. The molecule has 3 aromatic rings. The van der Waals surface area contributed by atoms with Gasteiger partial charge >= 0.3 is 0 Å². The number of hydrogen-bond acceptors (Lipinski definition) is 3. The number of carbonyl (C=O) groups excluding carboxylic acids is 1. The first-order valence-corrected chi connectivity index (χ1v) is 11.6. The Morgan fingerprint density at radius 2 is 1.52 bits per heavy atom. The maximum absolute atomic E-state index is 14.8. The van der Waals surface area contributed by atoms with E-state index < -0.39 is 12.9 Å². The van der Waals surface area contributed by atoms with Crippen molar-refractivity contribution in [2.45, 2.75) is 19.1 Å². The highest BCUT2D eigenvalue weighted by molar-refractivity contribution is 7.79. The van der Waals surface area contributed by atoms with Gasteiger partial charge in [0.1, 0.15) is 11.5 Å². The standard InChI is InChI=1S/C24H24NO3P/c1-3-16-28-18-14-15-21-22(17-18)23(26)25(2)24(21)29(27,19-10-6-4-7-11-19)20-12-8-5-9-13-20/h4-15,17,24H,3,16H2,1-2H3. The van der Waals surface area contributed by atoms with Gasteiger partial charge in [-0.2, -0.15) is 0 Å². The maximum atomic E-state index is 14.8. The predicted octanol–water partition coefficient (Wildman–Crippen LogP) is 4.57. The zero-order valence-corrected chi connectivity index (χ0v) is 17.5. The normalized spacial score (nSPS) is 16.0. The Hall–Kier alpha value is -2.84. The summed E-state index contributed by atoms with van der Waals surface area (Å²) in [6.45, 7) is 2.64. The number of fused-ring (bicyclic) bond motifs is 1. The molecule has 0 fully saturated rings. The zero-order valence-electron chi connectivity index (χ0n) is 16.6. The van der Waals surface area contributed by atoms with Gasteiger partial charge in [0.2, 0.25) is 0 Å². The highest BCUT2D eigenvalue weighted by Crippen LogP contribution is 2.61. The van der Waals surface area contributed by atoms with Crippen molar-refractivity contribution in [3.63, 3.8) is 0 Å². The molecule has 1 aliphatic heterocycles. The van der Waals surface area contributed by atoms with Crippen molar-refractivity contribution >= 4 is 23.7 Å². The molecule has 1 amide bonds. The van der Waals surface area contributed by atoms with Crippen molar-refractivity contribution in [2.24, 2.45) is 0 Å². The summed E-state index contributed by atoms with van der Waals surface area (Å²) in [6, 6.07) is 24.5. The van der Waals surface area contributed by atoms with Crippen LogP contribution < -0.4 is 15.3 Å². The quantitative estimate of drug-likeness (QED) is 0.564. The molecule has 1 aliphatic rings. The van der Waals surface area contributed by atoms with Crippen LogP contribution in [0.3, 0.4) is 0 Å².